The Labute approximate surface area is 94.1 Å². The van der Waals surface area contributed by atoms with E-state index in [1.807, 2.05) is 0 Å². The zero-order chi connectivity index (χ0) is 11.7. The van der Waals surface area contributed by atoms with E-state index in [1.165, 1.54) is 16.3 Å². The predicted octanol–water partition coefficient (Wildman–Crippen LogP) is 1.17. The molecular weight excluding hydrogens is 240 g/mol. The summed E-state index contributed by atoms with van der Waals surface area (Å²) in [4.78, 5) is 13.3. The first-order valence-corrected chi connectivity index (χ1v) is 5.45. The van der Waals surface area contributed by atoms with E-state index in [4.69, 9.17) is 5.11 Å². The van der Waals surface area contributed by atoms with E-state index >= 15 is 0 Å². The quantitative estimate of drug-likeness (QED) is 0.874. The minimum atomic E-state index is -2.94. The van der Waals surface area contributed by atoms with Crippen LogP contribution in [0.3, 0.4) is 0 Å². The summed E-state index contributed by atoms with van der Waals surface area (Å²) in [6.07, 6.45) is -0.511. The molecule has 1 N–H and O–H groups in total. The van der Waals surface area contributed by atoms with Gasteiger partial charge in [-0.15, -0.1) is 11.3 Å². The number of carbonyl (C=O) groups excluding carboxylic acids is 1. The minimum absolute atomic E-state index is 0.105. The molecule has 1 amide bonds. The molecule has 0 unspecified atom stereocenters. The monoisotopic (exact) mass is 249 g/mol. The van der Waals surface area contributed by atoms with Crippen molar-refractivity contribution in [2.45, 2.75) is 12.7 Å². The Morgan fingerprint density at radius 3 is 2.88 bits per heavy atom. The summed E-state index contributed by atoms with van der Waals surface area (Å²) in [6.45, 7) is -2.46. The molecule has 0 spiro atoms. The van der Waals surface area contributed by atoms with E-state index in [9.17, 15) is 13.6 Å². The zero-order valence-electron chi connectivity index (χ0n) is 8.10. The third-order valence-electron chi connectivity index (χ3n) is 2.19. The highest BCUT2D eigenvalue weighted by Crippen LogP contribution is 2.29. The summed E-state index contributed by atoms with van der Waals surface area (Å²) < 4.78 is 28.3. The van der Waals surface area contributed by atoms with Gasteiger partial charge in [-0.1, -0.05) is 0 Å². The van der Waals surface area contributed by atoms with Crippen LogP contribution in [0.4, 0.5) is 8.78 Å². The summed E-state index contributed by atoms with van der Waals surface area (Å²) in [6, 6.07) is 1.33. The number of hydrogen-bond acceptors (Lipinski definition) is 4. The zero-order valence-corrected chi connectivity index (χ0v) is 8.92. The number of carbonyl (C=O) groups is 1. The summed E-state index contributed by atoms with van der Waals surface area (Å²) in [5, 5.41) is 10.6. The number of aliphatic hydroxyl groups is 1. The van der Waals surface area contributed by atoms with Gasteiger partial charge in [0.15, 0.2) is 0 Å². The van der Waals surface area contributed by atoms with Crippen LogP contribution in [0.25, 0.3) is 0 Å². The van der Waals surface area contributed by atoms with E-state index in [2.05, 4.69) is 4.74 Å². The summed E-state index contributed by atoms with van der Waals surface area (Å²) in [7, 11) is 0. The molecule has 16 heavy (non-hydrogen) atoms. The van der Waals surface area contributed by atoms with Crippen LogP contribution in [-0.4, -0.2) is 41.7 Å². The molecule has 7 heteroatoms. The molecule has 88 valence electrons. The van der Waals surface area contributed by atoms with Crippen LogP contribution in [0, 0.1) is 0 Å². The number of thiophene rings is 1. The standard InChI is InChI=1S/C9H9F2NO3S/c10-9(11)15-6-1-2-16-7(6)8(14)12-3-5(13)4-12/h1-2,5,9,13H,3-4H2. The molecule has 1 saturated heterocycles. The fourth-order valence-corrected chi connectivity index (χ4v) is 2.20. The van der Waals surface area contributed by atoms with Gasteiger partial charge in [-0.2, -0.15) is 8.78 Å². The largest absolute Gasteiger partial charge is 0.433 e. The van der Waals surface area contributed by atoms with Crippen molar-refractivity contribution in [2.75, 3.05) is 13.1 Å². The van der Waals surface area contributed by atoms with Gasteiger partial charge in [0.05, 0.1) is 6.10 Å². The maximum absolute atomic E-state index is 12.0. The average molecular weight is 249 g/mol. The van der Waals surface area contributed by atoms with Gasteiger partial charge in [0.1, 0.15) is 10.6 Å². The second kappa shape index (κ2) is 4.34. The van der Waals surface area contributed by atoms with Gasteiger partial charge < -0.3 is 14.7 Å². The van der Waals surface area contributed by atoms with Gasteiger partial charge in [-0.3, -0.25) is 4.79 Å². The van der Waals surface area contributed by atoms with E-state index in [0.29, 0.717) is 0 Å². The maximum atomic E-state index is 12.0. The number of halogens is 2. The van der Waals surface area contributed by atoms with Crippen LogP contribution in [0.5, 0.6) is 5.75 Å². The first-order chi connectivity index (χ1) is 7.58. The minimum Gasteiger partial charge on any atom is -0.433 e. The van der Waals surface area contributed by atoms with Crippen LogP contribution >= 0.6 is 11.3 Å². The van der Waals surface area contributed by atoms with Crippen LogP contribution < -0.4 is 4.74 Å². The number of likely N-dealkylation sites (tertiary alicyclic amines) is 1. The van der Waals surface area contributed by atoms with Gasteiger partial charge in [0.25, 0.3) is 5.91 Å². The molecule has 1 aromatic heterocycles. The van der Waals surface area contributed by atoms with Crippen LogP contribution in [0.2, 0.25) is 0 Å². The molecule has 0 aliphatic carbocycles. The number of rotatable bonds is 3. The first-order valence-electron chi connectivity index (χ1n) is 4.57. The fourth-order valence-electron chi connectivity index (χ4n) is 1.41. The summed E-state index contributed by atoms with van der Waals surface area (Å²) in [5.41, 5.74) is 0. The first kappa shape index (κ1) is 11.3. The van der Waals surface area contributed by atoms with Crippen molar-refractivity contribution >= 4 is 17.2 Å². The SMILES string of the molecule is O=C(c1sccc1OC(F)F)N1CC(O)C1. The van der Waals surface area contributed by atoms with Gasteiger partial charge in [-0.05, 0) is 11.4 Å². The number of alkyl halides is 2. The van der Waals surface area contributed by atoms with E-state index < -0.39 is 12.7 Å². The Hall–Kier alpha value is -1.21. The van der Waals surface area contributed by atoms with Crippen molar-refractivity contribution < 1.29 is 23.4 Å². The number of β-amino-alcohol motifs (C(OH)–C–C–N with tert-alkyl or cyclic N) is 1. The smallest absolute Gasteiger partial charge is 0.387 e. The van der Waals surface area contributed by atoms with E-state index in [-0.39, 0.29) is 29.6 Å². The molecular formula is C9H9F2NO3S. The Morgan fingerprint density at radius 2 is 2.31 bits per heavy atom. The number of aliphatic hydroxyl groups excluding tert-OH is 1. The lowest BCUT2D eigenvalue weighted by Crippen LogP contribution is -2.53. The van der Waals surface area contributed by atoms with Crippen molar-refractivity contribution in [3.63, 3.8) is 0 Å². The van der Waals surface area contributed by atoms with Crippen molar-refractivity contribution in [1.82, 2.24) is 4.90 Å². The lowest BCUT2D eigenvalue weighted by molar-refractivity contribution is -0.0502. The maximum Gasteiger partial charge on any atom is 0.387 e. The molecule has 1 fully saturated rings. The van der Waals surface area contributed by atoms with Crippen LogP contribution in [-0.2, 0) is 0 Å². The highest BCUT2D eigenvalue weighted by Gasteiger charge is 2.32. The number of amides is 1. The molecule has 2 heterocycles. The Morgan fingerprint density at radius 1 is 1.62 bits per heavy atom. The molecule has 1 aliphatic heterocycles. The topological polar surface area (TPSA) is 49.8 Å². The summed E-state index contributed by atoms with van der Waals surface area (Å²) >= 11 is 1.05. The molecule has 0 atom stereocenters. The fraction of sp³-hybridized carbons (Fsp3) is 0.444. The average Bonchev–Trinajstić information content (AvgIpc) is 2.59. The van der Waals surface area contributed by atoms with Crippen molar-refractivity contribution in [3.8, 4) is 5.75 Å². The van der Waals surface area contributed by atoms with E-state index in [1.54, 1.807) is 0 Å². The molecule has 1 aromatic rings. The lowest BCUT2D eigenvalue weighted by atomic mass is 10.1. The van der Waals surface area contributed by atoms with Gasteiger partial charge >= 0.3 is 6.61 Å². The number of nitrogens with zero attached hydrogens (tertiary/aromatic N) is 1. The van der Waals surface area contributed by atoms with Gasteiger partial charge in [0, 0.05) is 13.1 Å². The third kappa shape index (κ3) is 2.14. The third-order valence-corrected chi connectivity index (χ3v) is 3.07. The second-order valence-corrected chi connectivity index (χ2v) is 4.27. The highest BCUT2D eigenvalue weighted by atomic mass is 32.1. The summed E-state index contributed by atoms with van der Waals surface area (Å²) in [5.74, 6) is -0.484. The molecule has 1 aliphatic rings. The second-order valence-electron chi connectivity index (χ2n) is 3.36. The molecule has 0 bridgehead atoms. The molecule has 4 nitrogen and oxygen atoms in total. The molecule has 2 rings (SSSR count). The molecule has 0 saturated carbocycles. The highest BCUT2D eigenvalue weighted by molar-refractivity contribution is 7.12. The van der Waals surface area contributed by atoms with E-state index in [0.717, 1.165) is 11.3 Å². The van der Waals surface area contributed by atoms with Crippen LogP contribution in [0.1, 0.15) is 9.67 Å². The van der Waals surface area contributed by atoms with Crippen molar-refractivity contribution in [1.29, 1.82) is 0 Å². The lowest BCUT2D eigenvalue weighted by Gasteiger charge is -2.35. The van der Waals surface area contributed by atoms with Gasteiger partial charge in [-0.25, -0.2) is 0 Å². The Balaban J connectivity index is 2.08. The van der Waals surface area contributed by atoms with Crippen molar-refractivity contribution in [3.05, 3.63) is 16.3 Å². The Kier molecular flexibility index (Phi) is 3.06. The molecule has 0 aromatic carbocycles. The normalized spacial score (nSPS) is 16.4. The molecule has 0 radical (unpaired) electrons. The predicted molar refractivity (Wildman–Crippen MR) is 52.9 cm³/mol. The number of ether oxygens (including phenoxy) is 1. The van der Waals surface area contributed by atoms with Crippen molar-refractivity contribution in [2.24, 2.45) is 0 Å². The van der Waals surface area contributed by atoms with Crippen LogP contribution in [0.15, 0.2) is 11.4 Å². The Bertz CT molecular complexity index is 390. The van der Waals surface area contributed by atoms with Gasteiger partial charge in [0.2, 0.25) is 0 Å². The number of hydrogen-bond donors (Lipinski definition) is 1.